The van der Waals surface area contributed by atoms with Crippen molar-refractivity contribution in [1.82, 2.24) is 0 Å². The molecule has 2 rings (SSSR count). The average Bonchev–Trinajstić information content (AvgIpc) is 2.44. The number of nitrogen functional groups attached to an aromatic ring is 1. The van der Waals surface area contributed by atoms with E-state index in [1.165, 1.54) is 11.8 Å². The van der Waals surface area contributed by atoms with Crippen LogP contribution >= 0.6 is 46.6 Å². The second-order valence-electron chi connectivity index (χ2n) is 4.15. The van der Waals surface area contributed by atoms with Gasteiger partial charge in [0.05, 0.1) is 26.5 Å². The molecular formula is C14H11Cl3N2OS. The molecule has 0 aliphatic rings. The van der Waals surface area contributed by atoms with Gasteiger partial charge in [0.25, 0.3) is 0 Å². The van der Waals surface area contributed by atoms with Crippen LogP contribution in [0.1, 0.15) is 0 Å². The highest BCUT2D eigenvalue weighted by Gasteiger charge is 2.06. The lowest BCUT2D eigenvalue weighted by molar-refractivity contribution is -0.113. The lowest BCUT2D eigenvalue weighted by Crippen LogP contribution is -2.14. The van der Waals surface area contributed by atoms with Gasteiger partial charge in [-0.2, -0.15) is 0 Å². The van der Waals surface area contributed by atoms with Gasteiger partial charge in [-0.05, 0) is 36.4 Å². The summed E-state index contributed by atoms with van der Waals surface area (Å²) in [6.45, 7) is 0. The third-order valence-electron chi connectivity index (χ3n) is 2.54. The fraction of sp³-hybridized carbons (Fsp3) is 0.0714. The van der Waals surface area contributed by atoms with Gasteiger partial charge in [-0.25, -0.2) is 0 Å². The molecule has 0 radical (unpaired) electrons. The fourth-order valence-electron chi connectivity index (χ4n) is 1.53. The van der Waals surface area contributed by atoms with Crippen molar-refractivity contribution in [3.8, 4) is 0 Å². The monoisotopic (exact) mass is 360 g/mol. The summed E-state index contributed by atoms with van der Waals surface area (Å²) in [6, 6.07) is 10.2. The molecule has 1 amide bonds. The van der Waals surface area contributed by atoms with Gasteiger partial charge in [0.1, 0.15) is 0 Å². The molecule has 0 saturated carbocycles. The first-order chi connectivity index (χ1) is 9.95. The summed E-state index contributed by atoms with van der Waals surface area (Å²) in [4.78, 5) is 12.7. The number of nitrogens with two attached hydrogens (primary N) is 1. The zero-order chi connectivity index (χ0) is 15.4. The topological polar surface area (TPSA) is 55.1 Å². The Kier molecular flexibility index (Phi) is 5.65. The molecule has 110 valence electrons. The molecule has 0 atom stereocenters. The van der Waals surface area contributed by atoms with Gasteiger partial charge in [0.2, 0.25) is 5.91 Å². The van der Waals surface area contributed by atoms with Gasteiger partial charge < -0.3 is 11.1 Å². The lowest BCUT2D eigenvalue weighted by Gasteiger charge is -2.07. The smallest absolute Gasteiger partial charge is 0.234 e. The largest absolute Gasteiger partial charge is 0.397 e. The number of benzene rings is 2. The molecule has 0 aromatic heterocycles. The van der Waals surface area contributed by atoms with Gasteiger partial charge in [0.15, 0.2) is 0 Å². The van der Waals surface area contributed by atoms with E-state index in [0.717, 1.165) is 4.90 Å². The maximum absolute atomic E-state index is 11.9. The number of amides is 1. The molecule has 0 saturated heterocycles. The summed E-state index contributed by atoms with van der Waals surface area (Å²) in [7, 11) is 0. The van der Waals surface area contributed by atoms with Crippen molar-refractivity contribution in [2.75, 3.05) is 16.8 Å². The van der Waals surface area contributed by atoms with Crippen molar-refractivity contribution in [2.45, 2.75) is 4.90 Å². The van der Waals surface area contributed by atoms with E-state index in [9.17, 15) is 4.79 Å². The fourth-order valence-corrected chi connectivity index (χ4v) is 2.75. The average molecular weight is 362 g/mol. The van der Waals surface area contributed by atoms with Crippen molar-refractivity contribution >= 4 is 63.8 Å². The molecule has 0 aliphatic carbocycles. The SMILES string of the molecule is Nc1cc(NC(=O)CSc2ccc(Cl)c(Cl)c2)ccc1Cl. The van der Waals surface area contributed by atoms with Crippen LogP contribution in [0.5, 0.6) is 0 Å². The van der Waals surface area contributed by atoms with E-state index in [1.807, 2.05) is 6.07 Å². The van der Waals surface area contributed by atoms with E-state index >= 15 is 0 Å². The first-order valence-corrected chi connectivity index (χ1v) is 8.00. The first-order valence-electron chi connectivity index (χ1n) is 5.88. The van der Waals surface area contributed by atoms with Crippen LogP contribution < -0.4 is 11.1 Å². The standard InChI is InChI=1S/C14H11Cl3N2OS/c15-10-4-2-9(6-12(10)17)21-7-14(20)19-8-1-3-11(16)13(18)5-8/h1-6H,7,18H2,(H,19,20). The number of thioether (sulfide) groups is 1. The Morgan fingerprint density at radius 1 is 1.05 bits per heavy atom. The second-order valence-corrected chi connectivity index (χ2v) is 6.42. The molecule has 7 heteroatoms. The number of hydrogen-bond acceptors (Lipinski definition) is 3. The van der Waals surface area contributed by atoms with E-state index in [4.69, 9.17) is 40.5 Å². The van der Waals surface area contributed by atoms with Gasteiger partial charge in [-0.1, -0.05) is 34.8 Å². The summed E-state index contributed by atoms with van der Waals surface area (Å²) in [5, 5.41) is 4.16. The Morgan fingerprint density at radius 3 is 2.43 bits per heavy atom. The molecule has 3 nitrogen and oxygen atoms in total. The Bertz CT molecular complexity index is 679. The zero-order valence-corrected chi connectivity index (χ0v) is 13.8. The normalized spacial score (nSPS) is 10.4. The van der Waals surface area contributed by atoms with Crippen LogP contribution in [0.3, 0.4) is 0 Å². The Balaban J connectivity index is 1.92. The quantitative estimate of drug-likeness (QED) is 0.598. The summed E-state index contributed by atoms with van der Waals surface area (Å²) in [5.74, 6) is 0.105. The van der Waals surface area contributed by atoms with E-state index in [-0.39, 0.29) is 11.7 Å². The van der Waals surface area contributed by atoms with Crippen molar-refractivity contribution in [2.24, 2.45) is 0 Å². The van der Waals surface area contributed by atoms with Gasteiger partial charge in [0, 0.05) is 10.6 Å². The van der Waals surface area contributed by atoms with Crippen LogP contribution in [-0.4, -0.2) is 11.7 Å². The van der Waals surface area contributed by atoms with Gasteiger partial charge >= 0.3 is 0 Å². The number of halogens is 3. The number of hydrogen-bond donors (Lipinski definition) is 2. The minimum Gasteiger partial charge on any atom is -0.397 e. The summed E-state index contributed by atoms with van der Waals surface area (Å²) in [6.07, 6.45) is 0. The van der Waals surface area contributed by atoms with Crippen LogP contribution in [0.2, 0.25) is 15.1 Å². The van der Waals surface area contributed by atoms with Crippen LogP contribution in [0, 0.1) is 0 Å². The Morgan fingerprint density at radius 2 is 1.76 bits per heavy atom. The highest BCUT2D eigenvalue weighted by molar-refractivity contribution is 8.00. The van der Waals surface area contributed by atoms with Crippen LogP contribution in [-0.2, 0) is 4.79 Å². The highest BCUT2D eigenvalue weighted by Crippen LogP contribution is 2.28. The second kappa shape index (κ2) is 7.27. The van der Waals surface area contributed by atoms with Gasteiger partial charge in [-0.15, -0.1) is 11.8 Å². The molecule has 2 aromatic carbocycles. The summed E-state index contributed by atoms with van der Waals surface area (Å²) in [5.41, 5.74) is 6.71. The van der Waals surface area contributed by atoms with Gasteiger partial charge in [-0.3, -0.25) is 4.79 Å². The molecule has 0 aliphatic heterocycles. The minimum atomic E-state index is -0.146. The van der Waals surface area contributed by atoms with Crippen LogP contribution in [0.4, 0.5) is 11.4 Å². The zero-order valence-electron chi connectivity index (χ0n) is 10.7. The van der Waals surface area contributed by atoms with Crippen molar-refractivity contribution in [3.05, 3.63) is 51.5 Å². The number of rotatable bonds is 4. The molecule has 0 bridgehead atoms. The van der Waals surface area contributed by atoms with Crippen LogP contribution in [0.15, 0.2) is 41.3 Å². The highest BCUT2D eigenvalue weighted by atomic mass is 35.5. The third kappa shape index (κ3) is 4.71. The lowest BCUT2D eigenvalue weighted by atomic mass is 10.3. The van der Waals surface area contributed by atoms with E-state index < -0.39 is 0 Å². The third-order valence-corrected chi connectivity index (χ3v) is 4.62. The number of carbonyl (C=O) groups excluding carboxylic acids is 1. The maximum Gasteiger partial charge on any atom is 0.234 e. The predicted octanol–water partition coefficient (Wildman–Crippen LogP) is 4.96. The maximum atomic E-state index is 11.9. The molecule has 0 fully saturated rings. The molecule has 3 N–H and O–H groups in total. The first kappa shape index (κ1) is 16.3. The number of carbonyl (C=O) groups is 1. The predicted molar refractivity (Wildman–Crippen MR) is 91.7 cm³/mol. The van der Waals surface area contributed by atoms with E-state index in [0.29, 0.717) is 26.4 Å². The Labute approximate surface area is 141 Å². The minimum absolute atomic E-state index is 0.146. The van der Waals surface area contributed by atoms with Crippen molar-refractivity contribution in [1.29, 1.82) is 0 Å². The number of nitrogens with one attached hydrogen (secondary N) is 1. The summed E-state index contributed by atoms with van der Waals surface area (Å²) < 4.78 is 0. The number of anilines is 2. The van der Waals surface area contributed by atoms with Crippen molar-refractivity contribution < 1.29 is 4.79 Å². The molecule has 0 spiro atoms. The van der Waals surface area contributed by atoms with E-state index in [1.54, 1.807) is 30.3 Å². The van der Waals surface area contributed by atoms with E-state index in [2.05, 4.69) is 5.32 Å². The van der Waals surface area contributed by atoms with Crippen molar-refractivity contribution in [3.63, 3.8) is 0 Å². The Hall–Kier alpha value is -1.07. The molecule has 2 aromatic rings. The van der Waals surface area contributed by atoms with Crippen LogP contribution in [0.25, 0.3) is 0 Å². The molecule has 21 heavy (non-hydrogen) atoms. The molecular weight excluding hydrogens is 351 g/mol. The summed E-state index contributed by atoms with van der Waals surface area (Å²) >= 11 is 18.9. The molecule has 0 heterocycles. The molecule has 0 unspecified atom stereocenters.